The highest BCUT2D eigenvalue weighted by atomic mass is 35.5. The van der Waals surface area contributed by atoms with E-state index < -0.39 is 5.97 Å². The zero-order valence-corrected chi connectivity index (χ0v) is 22.8. The van der Waals surface area contributed by atoms with E-state index in [1.54, 1.807) is 35.9 Å². The van der Waals surface area contributed by atoms with Gasteiger partial charge in [0.1, 0.15) is 16.5 Å². The molecule has 3 heterocycles. The van der Waals surface area contributed by atoms with Crippen molar-refractivity contribution in [1.29, 1.82) is 0 Å². The van der Waals surface area contributed by atoms with Gasteiger partial charge in [-0.25, -0.2) is 9.78 Å². The van der Waals surface area contributed by atoms with Crippen molar-refractivity contribution < 1.29 is 19.2 Å². The fourth-order valence-corrected chi connectivity index (χ4v) is 8.11. The lowest BCUT2D eigenvalue weighted by atomic mass is 9.59. The Bertz CT molecular complexity index is 1530. The van der Waals surface area contributed by atoms with Gasteiger partial charge in [-0.2, -0.15) is 0 Å². The van der Waals surface area contributed by atoms with Crippen LogP contribution in [0.25, 0.3) is 21.5 Å². The number of aromatic carboxylic acids is 1. The molecule has 0 spiro atoms. The molecule has 0 radical (unpaired) electrons. The van der Waals surface area contributed by atoms with Gasteiger partial charge in [-0.05, 0) is 63.5 Å². The first-order valence-electron chi connectivity index (χ1n) is 12.9. The molecule has 3 aromatic heterocycles. The molecular weight excluding hydrogens is 545 g/mol. The monoisotopic (exact) mass is 569 g/mol. The van der Waals surface area contributed by atoms with Crippen LogP contribution in [0.1, 0.15) is 84.0 Å². The predicted molar refractivity (Wildman–Crippen MR) is 145 cm³/mol. The third-order valence-electron chi connectivity index (χ3n) is 8.66. The number of aromatic nitrogens is 3. The Morgan fingerprint density at radius 1 is 1.11 bits per heavy atom. The zero-order valence-electron chi connectivity index (χ0n) is 20.5. The Labute approximate surface area is 233 Å². The van der Waals surface area contributed by atoms with Crippen molar-refractivity contribution in [1.82, 2.24) is 15.1 Å². The molecule has 4 aliphatic carbocycles. The summed E-state index contributed by atoms with van der Waals surface area (Å²) < 4.78 is 13.3. The molecule has 38 heavy (non-hydrogen) atoms. The van der Waals surface area contributed by atoms with Gasteiger partial charge in [-0.1, -0.05) is 34.4 Å². The lowest BCUT2D eigenvalue weighted by Crippen LogP contribution is -2.49. The number of thiazole rings is 1. The summed E-state index contributed by atoms with van der Waals surface area (Å²) in [6.07, 6.45) is 11.0. The normalized spacial score (nSPS) is 24.8. The molecule has 8 rings (SSSR count). The molecular formula is C28H25Cl2N3O4S. The van der Waals surface area contributed by atoms with Crippen LogP contribution in [0.15, 0.2) is 35.1 Å². The number of benzene rings is 1. The highest BCUT2D eigenvalue weighted by Gasteiger charge is 2.52. The minimum atomic E-state index is -0.906. The van der Waals surface area contributed by atoms with E-state index >= 15 is 0 Å². The van der Waals surface area contributed by atoms with Crippen LogP contribution in [-0.2, 0) is 16.8 Å². The molecule has 0 unspecified atom stereocenters. The van der Waals surface area contributed by atoms with Crippen molar-refractivity contribution in [2.75, 3.05) is 0 Å². The van der Waals surface area contributed by atoms with Crippen LogP contribution in [0, 0.1) is 0 Å². The number of halogens is 2. The number of carboxylic acid groups (broad SMARTS) is 1. The minimum absolute atomic E-state index is 0.00973. The SMILES string of the molecule is O=C(O)c1cccc2nc(C34CCC(OCc5c(-c6c(Cl)cncc6Cl)noc5C5CC5)(CC3)CC4)sc12. The summed E-state index contributed by atoms with van der Waals surface area (Å²) in [5.74, 6) is 0.341. The van der Waals surface area contributed by atoms with E-state index in [2.05, 4.69) is 10.1 Å². The third-order valence-corrected chi connectivity index (χ3v) is 10.6. The summed E-state index contributed by atoms with van der Waals surface area (Å²) in [6.45, 7) is 0.399. The van der Waals surface area contributed by atoms with E-state index in [4.69, 9.17) is 37.4 Å². The van der Waals surface area contributed by atoms with Gasteiger partial charge >= 0.3 is 5.97 Å². The summed E-state index contributed by atoms with van der Waals surface area (Å²) in [6, 6.07) is 5.34. The minimum Gasteiger partial charge on any atom is -0.478 e. The summed E-state index contributed by atoms with van der Waals surface area (Å²) >= 11 is 14.5. The number of hydrogen-bond donors (Lipinski definition) is 1. The maximum Gasteiger partial charge on any atom is 0.337 e. The highest BCUT2D eigenvalue weighted by molar-refractivity contribution is 7.19. The second-order valence-electron chi connectivity index (χ2n) is 10.9. The summed E-state index contributed by atoms with van der Waals surface area (Å²) in [7, 11) is 0. The smallest absolute Gasteiger partial charge is 0.337 e. The average Bonchev–Trinajstić information content (AvgIpc) is 3.52. The number of fused-ring (bicyclic) bond motifs is 4. The van der Waals surface area contributed by atoms with Gasteiger partial charge in [0.15, 0.2) is 0 Å². The Hall–Kier alpha value is -2.52. The first-order chi connectivity index (χ1) is 18.4. The van der Waals surface area contributed by atoms with Crippen molar-refractivity contribution in [3.8, 4) is 11.3 Å². The number of carboxylic acids is 1. The van der Waals surface area contributed by atoms with Gasteiger partial charge in [0.2, 0.25) is 0 Å². The molecule has 7 nitrogen and oxygen atoms in total. The van der Waals surface area contributed by atoms with Crippen LogP contribution in [0.2, 0.25) is 10.0 Å². The van der Waals surface area contributed by atoms with Gasteiger partial charge < -0.3 is 14.4 Å². The molecule has 1 aromatic carbocycles. The Morgan fingerprint density at radius 2 is 1.82 bits per heavy atom. The maximum atomic E-state index is 11.7. The van der Waals surface area contributed by atoms with E-state index in [1.807, 2.05) is 6.07 Å². The largest absolute Gasteiger partial charge is 0.478 e. The van der Waals surface area contributed by atoms with E-state index in [-0.39, 0.29) is 11.0 Å². The van der Waals surface area contributed by atoms with Crippen molar-refractivity contribution in [2.45, 2.75) is 74.9 Å². The van der Waals surface area contributed by atoms with Crippen LogP contribution in [0.4, 0.5) is 0 Å². The molecule has 1 N–H and O–H groups in total. The van der Waals surface area contributed by atoms with Crippen LogP contribution < -0.4 is 0 Å². The third kappa shape index (κ3) is 3.96. The molecule has 0 amide bonds. The van der Waals surface area contributed by atoms with Crippen LogP contribution in [0.3, 0.4) is 0 Å². The van der Waals surface area contributed by atoms with Crippen LogP contribution in [-0.4, -0.2) is 31.8 Å². The molecule has 0 atom stereocenters. The predicted octanol–water partition coefficient (Wildman–Crippen LogP) is 7.79. The number of nitrogens with zero attached hydrogens (tertiary/aromatic N) is 3. The standard InChI is InChI=1S/C28H25Cl2N3O4S/c29-18-12-31-13-19(30)21(18)22-17(23(37-33-22)15-4-5-15)14-36-28-9-6-27(7-10-28,8-11-28)26-32-20-3-1-2-16(25(34)35)24(20)38-26/h1-3,12-13,15H,4-11,14H2,(H,34,35). The van der Waals surface area contributed by atoms with Crippen molar-refractivity contribution >= 4 is 50.7 Å². The number of hydrogen-bond acceptors (Lipinski definition) is 7. The first-order valence-corrected chi connectivity index (χ1v) is 14.5. The average molecular weight is 570 g/mol. The Kier molecular flexibility index (Phi) is 5.82. The molecule has 0 saturated heterocycles. The Balaban J connectivity index is 1.13. The van der Waals surface area contributed by atoms with Crippen molar-refractivity contribution in [3.63, 3.8) is 0 Å². The fourth-order valence-electron chi connectivity index (χ4n) is 6.22. The quantitative estimate of drug-likeness (QED) is 0.242. The van der Waals surface area contributed by atoms with Gasteiger partial charge in [0.05, 0.1) is 38.0 Å². The maximum absolute atomic E-state index is 11.7. The molecule has 0 aliphatic heterocycles. The van der Waals surface area contributed by atoms with Crippen molar-refractivity contribution in [2.24, 2.45) is 0 Å². The summed E-state index contributed by atoms with van der Waals surface area (Å²) in [5, 5.41) is 15.9. The molecule has 4 saturated carbocycles. The lowest BCUT2D eigenvalue weighted by molar-refractivity contribution is -0.127. The number of carbonyl (C=O) groups is 1. The van der Waals surface area contributed by atoms with E-state index in [0.29, 0.717) is 39.4 Å². The molecule has 4 fully saturated rings. The van der Waals surface area contributed by atoms with Gasteiger partial charge in [0, 0.05) is 34.9 Å². The second-order valence-corrected chi connectivity index (χ2v) is 12.7. The zero-order chi connectivity index (χ0) is 26.1. The summed E-state index contributed by atoms with van der Waals surface area (Å²) in [4.78, 5) is 20.7. The molecule has 4 aliphatic rings. The highest BCUT2D eigenvalue weighted by Crippen LogP contribution is 2.57. The lowest BCUT2D eigenvalue weighted by Gasteiger charge is -2.52. The van der Waals surface area contributed by atoms with Gasteiger partial charge in [0.25, 0.3) is 0 Å². The number of ether oxygens (including phenoxy) is 1. The molecule has 4 aromatic rings. The number of pyridine rings is 1. The van der Waals surface area contributed by atoms with Crippen LogP contribution in [0.5, 0.6) is 0 Å². The topological polar surface area (TPSA) is 98.3 Å². The second kappa shape index (κ2) is 9.01. The Morgan fingerprint density at radius 3 is 2.47 bits per heavy atom. The first kappa shape index (κ1) is 24.5. The van der Waals surface area contributed by atoms with Gasteiger partial charge in [-0.3, -0.25) is 4.98 Å². The molecule has 196 valence electrons. The summed E-state index contributed by atoms with van der Waals surface area (Å²) in [5.41, 5.74) is 3.11. The van der Waals surface area contributed by atoms with E-state index in [9.17, 15) is 9.90 Å². The van der Waals surface area contributed by atoms with Crippen LogP contribution >= 0.6 is 34.5 Å². The fraction of sp³-hybridized carbons (Fsp3) is 0.429. The van der Waals surface area contributed by atoms with Crippen molar-refractivity contribution in [3.05, 3.63) is 62.5 Å². The molecule has 2 bridgehead atoms. The van der Waals surface area contributed by atoms with E-state index in [1.165, 1.54) is 0 Å². The number of rotatable bonds is 7. The molecule has 10 heteroatoms. The van der Waals surface area contributed by atoms with Gasteiger partial charge in [-0.15, -0.1) is 11.3 Å². The van der Waals surface area contributed by atoms with E-state index in [0.717, 1.165) is 77.9 Å².